The van der Waals surface area contributed by atoms with E-state index in [0.29, 0.717) is 30.0 Å². The summed E-state index contributed by atoms with van der Waals surface area (Å²) in [6, 6.07) is 9.69. The number of aromatic nitrogens is 3. The molecular weight excluding hydrogens is 335 g/mol. The van der Waals surface area contributed by atoms with Gasteiger partial charge in [0.2, 0.25) is 0 Å². The number of nitrogens with one attached hydrogen (secondary N) is 1. The molecule has 1 fully saturated rings. The zero-order valence-corrected chi connectivity index (χ0v) is 14.2. The molecule has 1 aliphatic rings. The normalized spacial score (nSPS) is 15.3. The van der Waals surface area contributed by atoms with Gasteiger partial charge in [-0.1, -0.05) is 12.1 Å². The molecule has 0 aliphatic carbocycles. The van der Waals surface area contributed by atoms with Crippen molar-refractivity contribution in [3.63, 3.8) is 0 Å². The van der Waals surface area contributed by atoms with Crippen molar-refractivity contribution in [2.45, 2.75) is 25.3 Å². The molecule has 7 heteroatoms. The lowest BCUT2D eigenvalue weighted by Gasteiger charge is -2.20. The molecule has 1 aliphatic heterocycles. The molecule has 1 amide bonds. The molecule has 3 aromatic rings. The van der Waals surface area contributed by atoms with E-state index in [0.717, 1.165) is 18.7 Å². The van der Waals surface area contributed by atoms with Crippen LogP contribution in [-0.4, -0.2) is 33.7 Å². The minimum atomic E-state index is -0.316. The summed E-state index contributed by atoms with van der Waals surface area (Å²) in [5, 5.41) is 11.3. The summed E-state index contributed by atoms with van der Waals surface area (Å²) in [4.78, 5) is 12.5. The third-order valence-corrected chi connectivity index (χ3v) is 4.62. The standard InChI is InChI=1S/C19H19FN4O2/c20-16-3-1-2-13(10-16)11-21-19(25)15-4-5-17-22-23-18(24(17)12-15)14-6-8-26-9-7-14/h1-5,10,12,14H,6-9,11H2,(H,21,25). The second-order valence-corrected chi connectivity index (χ2v) is 6.40. The number of benzene rings is 1. The Morgan fingerprint density at radius 1 is 1.23 bits per heavy atom. The number of amides is 1. The van der Waals surface area contributed by atoms with Crippen molar-refractivity contribution in [1.29, 1.82) is 0 Å². The fourth-order valence-electron chi connectivity index (χ4n) is 3.21. The minimum Gasteiger partial charge on any atom is -0.381 e. The van der Waals surface area contributed by atoms with E-state index in [1.165, 1.54) is 12.1 Å². The van der Waals surface area contributed by atoms with Gasteiger partial charge < -0.3 is 10.1 Å². The quantitative estimate of drug-likeness (QED) is 0.782. The highest BCUT2D eigenvalue weighted by Gasteiger charge is 2.21. The van der Waals surface area contributed by atoms with E-state index in [1.807, 2.05) is 4.40 Å². The van der Waals surface area contributed by atoms with Crippen LogP contribution < -0.4 is 5.32 Å². The van der Waals surface area contributed by atoms with Gasteiger partial charge in [0.05, 0.1) is 5.56 Å². The SMILES string of the molecule is O=C(NCc1cccc(F)c1)c1ccc2nnc(C3CCOCC3)n2c1. The van der Waals surface area contributed by atoms with Crippen LogP contribution >= 0.6 is 0 Å². The number of halogens is 1. The first-order valence-corrected chi connectivity index (χ1v) is 8.66. The fraction of sp³-hybridized carbons (Fsp3) is 0.316. The number of carbonyl (C=O) groups is 1. The lowest BCUT2D eigenvalue weighted by Crippen LogP contribution is -2.23. The van der Waals surface area contributed by atoms with Crippen molar-refractivity contribution in [3.8, 4) is 0 Å². The van der Waals surface area contributed by atoms with Crippen LogP contribution in [0.1, 0.15) is 40.5 Å². The maximum absolute atomic E-state index is 13.2. The Morgan fingerprint density at radius 2 is 2.08 bits per heavy atom. The number of ether oxygens (including phenoxy) is 1. The number of fused-ring (bicyclic) bond motifs is 1. The first-order valence-electron chi connectivity index (χ1n) is 8.66. The molecule has 2 aromatic heterocycles. The third kappa shape index (κ3) is 3.43. The third-order valence-electron chi connectivity index (χ3n) is 4.62. The van der Waals surface area contributed by atoms with Gasteiger partial charge in [0, 0.05) is 31.9 Å². The van der Waals surface area contributed by atoms with Crippen LogP contribution in [0.4, 0.5) is 4.39 Å². The van der Waals surface area contributed by atoms with Crippen LogP contribution in [-0.2, 0) is 11.3 Å². The van der Waals surface area contributed by atoms with Crippen LogP contribution in [0.15, 0.2) is 42.6 Å². The molecule has 1 saturated heterocycles. The molecule has 3 heterocycles. The summed E-state index contributed by atoms with van der Waals surface area (Å²) in [5.74, 6) is 0.610. The maximum Gasteiger partial charge on any atom is 0.253 e. The van der Waals surface area contributed by atoms with E-state index in [-0.39, 0.29) is 24.2 Å². The number of pyridine rings is 1. The molecule has 0 saturated carbocycles. The number of hydrogen-bond acceptors (Lipinski definition) is 4. The van der Waals surface area contributed by atoms with Gasteiger partial charge in [-0.05, 0) is 42.7 Å². The van der Waals surface area contributed by atoms with Gasteiger partial charge in [-0.2, -0.15) is 0 Å². The van der Waals surface area contributed by atoms with E-state index < -0.39 is 0 Å². The lowest BCUT2D eigenvalue weighted by atomic mass is 9.99. The van der Waals surface area contributed by atoms with E-state index in [2.05, 4.69) is 15.5 Å². The summed E-state index contributed by atoms with van der Waals surface area (Å²) in [6.45, 7) is 1.70. The van der Waals surface area contributed by atoms with Crippen LogP contribution in [0.5, 0.6) is 0 Å². The van der Waals surface area contributed by atoms with Gasteiger partial charge in [0.25, 0.3) is 5.91 Å². The lowest BCUT2D eigenvalue weighted by molar-refractivity contribution is 0.0833. The second-order valence-electron chi connectivity index (χ2n) is 6.40. The smallest absolute Gasteiger partial charge is 0.253 e. The Labute approximate surface area is 150 Å². The highest BCUT2D eigenvalue weighted by Crippen LogP contribution is 2.26. The summed E-state index contributed by atoms with van der Waals surface area (Å²) >= 11 is 0. The van der Waals surface area contributed by atoms with Crippen LogP contribution in [0.2, 0.25) is 0 Å². The molecule has 4 rings (SSSR count). The predicted octanol–water partition coefficient (Wildman–Crippen LogP) is 2.69. The van der Waals surface area contributed by atoms with E-state index in [1.54, 1.807) is 30.5 Å². The van der Waals surface area contributed by atoms with Crippen molar-refractivity contribution >= 4 is 11.6 Å². The Hall–Kier alpha value is -2.80. The predicted molar refractivity (Wildman–Crippen MR) is 93.4 cm³/mol. The highest BCUT2D eigenvalue weighted by molar-refractivity contribution is 5.94. The Morgan fingerprint density at radius 3 is 2.88 bits per heavy atom. The molecule has 0 bridgehead atoms. The second kappa shape index (κ2) is 7.21. The van der Waals surface area contributed by atoms with Gasteiger partial charge >= 0.3 is 0 Å². The van der Waals surface area contributed by atoms with Gasteiger partial charge in [-0.15, -0.1) is 10.2 Å². The first-order chi connectivity index (χ1) is 12.7. The molecule has 0 spiro atoms. The average molecular weight is 354 g/mol. The minimum absolute atomic E-state index is 0.220. The molecule has 0 atom stereocenters. The Balaban J connectivity index is 1.53. The van der Waals surface area contributed by atoms with E-state index in [9.17, 15) is 9.18 Å². The van der Waals surface area contributed by atoms with E-state index >= 15 is 0 Å². The maximum atomic E-state index is 13.2. The van der Waals surface area contributed by atoms with Crippen molar-refractivity contribution in [2.75, 3.05) is 13.2 Å². The topological polar surface area (TPSA) is 68.5 Å². The molecule has 1 aromatic carbocycles. The molecule has 6 nitrogen and oxygen atoms in total. The first kappa shape index (κ1) is 16.7. The summed E-state index contributed by atoms with van der Waals surface area (Å²) in [5.41, 5.74) is 1.95. The zero-order valence-electron chi connectivity index (χ0n) is 14.2. The van der Waals surface area contributed by atoms with Gasteiger partial charge in [-0.3, -0.25) is 9.20 Å². The molecule has 0 radical (unpaired) electrons. The fourth-order valence-corrected chi connectivity index (χ4v) is 3.21. The Kier molecular flexibility index (Phi) is 4.62. The summed E-state index contributed by atoms with van der Waals surface area (Å²) < 4.78 is 20.5. The van der Waals surface area contributed by atoms with E-state index in [4.69, 9.17) is 4.74 Å². The molecule has 26 heavy (non-hydrogen) atoms. The largest absolute Gasteiger partial charge is 0.381 e. The molecule has 134 valence electrons. The van der Waals surface area contributed by atoms with Crippen molar-refractivity contribution in [2.24, 2.45) is 0 Å². The number of rotatable bonds is 4. The Bertz CT molecular complexity index is 934. The monoisotopic (exact) mass is 354 g/mol. The number of nitrogens with zero attached hydrogens (tertiary/aromatic N) is 3. The molecular formula is C19H19FN4O2. The van der Waals surface area contributed by atoms with Crippen molar-refractivity contribution in [1.82, 2.24) is 19.9 Å². The number of carbonyl (C=O) groups excluding carboxylic acids is 1. The van der Waals surface area contributed by atoms with Gasteiger partial charge in [0.15, 0.2) is 5.65 Å². The van der Waals surface area contributed by atoms with Crippen LogP contribution in [0, 0.1) is 5.82 Å². The van der Waals surface area contributed by atoms with Gasteiger partial charge in [-0.25, -0.2) is 4.39 Å². The average Bonchev–Trinajstić information content (AvgIpc) is 3.10. The van der Waals surface area contributed by atoms with Crippen LogP contribution in [0.3, 0.4) is 0 Å². The van der Waals surface area contributed by atoms with Crippen molar-refractivity contribution < 1.29 is 13.9 Å². The van der Waals surface area contributed by atoms with Crippen molar-refractivity contribution in [3.05, 3.63) is 65.4 Å². The molecule has 0 unspecified atom stereocenters. The van der Waals surface area contributed by atoms with Gasteiger partial charge in [0.1, 0.15) is 11.6 Å². The summed E-state index contributed by atoms with van der Waals surface area (Å²) in [6.07, 6.45) is 3.56. The molecule has 1 N–H and O–H groups in total. The van der Waals surface area contributed by atoms with Crippen LogP contribution in [0.25, 0.3) is 5.65 Å². The highest BCUT2D eigenvalue weighted by atomic mass is 19.1. The number of hydrogen-bond donors (Lipinski definition) is 1. The zero-order chi connectivity index (χ0) is 17.9. The summed E-state index contributed by atoms with van der Waals surface area (Å²) in [7, 11) is 0.